The van der Waals surface area contributed by atoms with Gasteiger partial charge in [0.05, 0.1) is 11.9 Å². The largest absolute Gasteiger partial charge is 0.478 e. The molecule has 1 aliphatic heterocycles. The molecule has 6 heteroatoms. The Labute approximate surface area is 100 Å². The number of rotatable bonds is 3. The monoisotopic (exact) mass is 238 g/mol. The molecule has 6 nitrogen and oxygen atoms in total. The normalized spacial score (nSPS) is 21.6. The molecule has 0 spiro atoms. The van der Waals surface area contributed by atoms with Crippen molar-refractivity contribution in [1.29, 1.82) is 0 Å². The van der Waals surface area contributed by atoms with Crippen molar-refractivity contribution in [2.75, 3.05) is 19.6 Å². The highest BCUT2D eigenvalue weighted by Crippen LogP contribution is 2.13. The molecule has 1 aliphatic rings. The van der Waals surface area contributed by atoms with E-state index in [1.165, 1.54) is 6.20 Å². The van der Waals surface area contributed by atoms with Crippen LogP contribution in [0, 0.1) is 0 Å². The lowest BCUT2D eigenvalue weighted by Gasteiger charge is -2.33. The van der Waals surface area contributed by atoms with Gasteiger partial charge in [-0.1, -0.05) is 0 Å². The maximum atomic E-state index is 11.1. The molecule has 2 N–H and O–H groups in total. The fourth-order valence-corrected chi connectivity index (χ4v) is 2.14. The third-order valence-electron chi connectivity index (χ3n) is 3.28. The van der Waals surface area contributed by atoms with Crippen LogP contribution < -0.4 is 5.32 Å². The number of nitrogens with one attached hydrogen (secondary N) is 1. The van der Waals surface area contributed by atoms with Gasteiger partial charge in [-0.15, -0.1) is 0 Å². The van der Waals surface area contributed by atoms with Crippen LogP contribution in [0.2, 0.25) is 0 Å². The number of nitrogens with zero attached hydrogens (tertiary/aromatic N) is 3. The van der Waals surface area contributed by atoms with E-state index in [2.05, 4.69) is 22.2 Å². The van der Waals surface area contributed by atoms with Crippen LogP contribution in [0.25, 0.3) is 0 Å². The first-order valence-corrected chi connectivity index (χ1v) is 5.78. The third-order valence-corrected chi connectivity index (χ3v) is 3.28. The van der Waals surface area contributed by atoms with Crippen LogP contribution in [0.1, 0.15) is 23.0 Å². The van der Waals surface area contributed by atoms with Gasteiger partial charge < -0.3 is 10.4 Å². The van der Waals surface area contributed by atoms with E-state index < -0.39 is 5.97 Å². The molecule has 0 bridgehead atoms. The van der Waals surface area contributed by atoms with Crippen LogP contribution in [-0.4, -0.2) is 51.4 Å². The molecule has 1 aromatic heterocycles. The third kappa shape index (κ3) is 2.48. The SMILES string of the molecule is CC1CNCCN1Cc1c(C(=O)O)cnn1C. The molecule has 1 atom stereocenters. The summed E-state index contributed by atoms with van der Waals surface area (Å²) in [5, 5.41) is 16.4. The summed E-state index contributed by atoms with van der Waals surface area (Å²) in [5.74, 6) is -0.907. The van der Waals surface area contributed by atoms with E-state index in [9.17, 15) is 4.79 Å². The second kappa shape index (κ2) is 4.85. The molecule has 0 amide bonds. The Morgan fingerprint density at radius 3 is 3.12 bits per heavy atom. The predicted octanol–water partition coefficient (Wildman–Crippen LogP) is -0.0880. The minimum Gasteiger partial charge on any atom is -0.478 e. The summed E-state index contributed by atoms with van der Waals surface area (Å²) in [4.78, 5) is 13.4. The number of aromatic carboxylic acids is 1. The molecule has 0 saturated carbocycles. The molecule has 1 unspecified atom stereocenters. The van der Waals surface area contributed by atoms with Crippen LogP contribution >= 0.6 is 0 Å². The van der Waals surface area contributed by atoms with Crippen LogP contribution in [0.3, 0.4) is 0 Å². The van der Waals surface area contributed by atoms with Crippen molar-refractivity contribution in [3.63, 3.8) is 0 Å². The standard InChI is InChI=1S/C11H18N4O2/c1-8-5-12-3-4-15(8)7-10-9(11(16)17)6-13-14(10)2/h6,8,12H,3-5,7H2,1-2H3,(H,16,17). The van der Waals surface area contributed by atoms with Crippen LogP contribution in [0.4, 0.5) is 0 Å². The van der Waals surface area contributed by atoms with Gasteiger partial charge in [-0.25, -0.2) is 4.79 Å². The number of carboxylic acids is 1. The van der Waals surface area contributed by atoms with Crippen molar-refractivity contribution in [1.82, 2.24) is 20.0 Å². The molecule has 1 aromatic rings. The van der Waals surface area contributed by atoms with Gasteiger partial charge in [0.15, 0.2) is 0 Å². The van der Waals surface area contributed by atoms with E-state index in [1.54, 1.807) is 11.7 Å². The van der Waals surface area contributed by atoms with E-state index in [-0.39, 0.29) is 0 Å². The quantitative estimate of drug-likeness (QED) is 0.770. The average Bonchev–Trinajstić information content (AvgIpc) is 2.64. The number of hydrogen-bond acceptors (Lipinski definition) is 4. The zero-order chi connectivity index (χ0) is 12.4. The maximum absolute atomic E-state index is 11.1. The van der Waals surface area contributed by atoms with Gasteiger partial charge >= 0.3 is 5.97 Å². The van der Waals surface area contributed by atoms with Crippen molar-refractivity contribution in [2.24, 2.45) is 7.05 Å². The molecule has 1 saturated heterocycles. The highest BCUT2D eigenvalue weighted by molar-refractivity contribution is 5.88. The van der Waals surface area contributed by atoms with Crippen LogP contribution in [0.5, 0.6) is 0 Å². The summed E-state index contributed by atoms with van der Waals surface area (Å²) in [6, 6.07) is 0.417. The highest BCUT2D eigenvalue weighted by atomic mass is 16.4. The molecule has 2 rings (SSSR count). The van der Waals surface area contributed by atoms with Crippen molar-refractivity contribution < 1.29 is 9.90 Å². The van der Waals surface area contributed by atoms with Gasteiger partial charge in [-0.05, 0) is 6.92 Å². The fourth-order valence-electron chi connectivity index (χ4n) is 2.14. The number of carboxylic acid groups (broad SMARTS) is 1. The van der Waals surface area contributed by atoms with Gasteiger partial charge in [0.25, 0.3) is 0 Å². The molecule has 2 heterocycles. The van der Waals surface area contributed by atoms with Gasteiger partial charge in [0.1, 0.15) is 5.56 Å². The lowest BCUT2D eigenvalue weighted by Crippen LogP contribution is -2.49. The zero-order valence-electron chi connectivity index (χ0n) is 10.2. The Kier molecular flexibility index (Phi) is 3.44. The molecule has 17 heavy (non-hydrogen) atoms. The molecular weight excluding hydrogens is 220 g/mol. The number of piperazine rings is 1. The molecular formula is C11H18N4O2. The Bertz CT molecular complexity index is 416. The average molecular weight is 238 g/mol. The summed E-state index contributed by atoms with van der Waals surface area (Å²) in [6.45, 7) is 5.61. The van der Waals surface area contributed by atoms with E-state index in [0.717, 1.165) is 25.3 Å². The summed E-state index contributed by atoms with van der Waals surface area (Å²) < 4.78 is 1.65. The highest BCUT2D eigenvalue weighted by Gasteiger charge is 2.22. The Morgan fingerprint density at radius 2 is 2.47 bits per heavy atom. The zero-order valence-corrected chi connectivity index (χ0v) is 10.2. The first-order chi connectivity index (χ1) is 8.09. The topological polar surface area (TPSA) is 70.4 Å². The number of aromatic nitrogens is 2. The van der Waals surface area contributed by atoms with E-state index in [1.807, 2.05) is 0 Å². The molecule has 94 valence electrons. The van der Waals surface area contributed by atoms with E-state index >= 15 is 0 Å². The summed E-state index contributed by atoms with van der Waals surface area (Å²) in [7, 11) is 1.79. The summed E-state index contributed by atoms with van der Waals surface area (Å²) in [5.41, 5.74) is 1.07. The van der Waals surface area contributed by atoms with Gasteiger partial charge in [-0.3, -0.25) is 9.58 Å². The second-order valence-corrected chi connectivity index (χ2v) is 4.46. The smallest absolute Gasteiger partial charge is 0.339 e. The molecule has 0 radical (unpaired) electrons. The minimum absolute atomic E-state index is 0.304. The Balaban J connectivity index is 2.17. The Morgan fingerprint density at radius 1 is 1.71 bits per heavy atom. The van der Waals surface area contributed by atoms with Crippen molar-refractivity contribution in [3.05, 3.63) is 17.5 Å². The number of carbonyl (C=O) groups is 1. The van der Waals surface area contributed by atoms with Crippen LogP contribution in [0.15, 0.2) is 6.20 Å². The van der Waals surface area contributed by atoms with Gasteiger partial charge in [0, 0.05) is 39.3 Å². The predicted molar refractivity (Wildman–Crippen MR) is 62.9 cm³/mol. The summed E-state index contributed by atoms with van der Waals surface area (Å²) in [6.07, 6.45) is 1.42. The van der Waals surface area contributed by atoms with Crippen molar-refractivity contribution in [2.45, 2.75) is 19.5 Å². The van der Waals surface area contributed by atoms with Gasteiger partial charge in [0.2, 0.25) is 0 Å². The molecule has 0 aromatic carbocycles. The van der Waals surface area contributed by atoms with E-state index in [0.29, 0.717) is 18.2 Å². The maximum Gasteiger partial charge on any atom is 0.339 e. The Hall–Kier alpha value is -1.40. The first-order valence-electron chi connectivity index (χ1n) is 5.78. The number of aryl methyl sites for hydroxylation is 1. The van der Waals surface area contributed by atoms with E-state index in [4.69, 9.17) is 5.11 Å². The van der Waals surface area contributed by atoms with Gasteiger partial charge in [-0.2, -0.15) is 5.10 Å². The lowest BCUT2D eigenvalue weighted by atomic mass is 10.1. The molecule has 0 aliphatic carbocycles. The summed E-state index contributed by atoms with van der Waals surface area (Å²) >= 11 is 0. The lowest BCUT2D eigenvalue weighted by molar-refractivity contribution is 0.0692. The first kappa shape index (κ1) is 12.1. The number of hydrogen-bond donors (Lipinski definition) is 2. The van der Waals surface area contributed by atoms with Crippen LogP contribution in [-0.2, 0) is 13.6 Å². The second-order valence-electron chi connectivity index (χ2n) is 4.46. The minimum atomic E-state index is -0.907. The fraction of sp³-hybridized carbons (Fsp3) is 0.636. The van der Waals surface area contributed by atoms with Crippen molar-refractivity contribution >= 4 is 5.97 Å². The molecule has 1 fully saturated rings. The van der Waals surface area contributed by atoms with Crippen molar-refractivity contribution in [3.8, 4) is 0 Å².